The van der Waals surface area contributed by atoms with Crippen LogP contribution in [0.1, 0.15) is 52.9 Å². The van der Waals surface area contributed by atoms with Gasteiger partial charge in [0.15, 0.2) is 0 Å². The molecule has 1 saturated heterocycles. The Hall–Kier alpha value is -0.810. The van der Waals surface area contributed by atoms with Gasteiger partial charge in [0, 0.05) is 24.9 Å². The molecule has 0 bridgehead atoms. The molecule has 0 aromatic carbocycles. The van der Waals surface area contributed by atoms with Crippen molar-refractivity contribution in [2.75, 3.05) is 19.6 Å². The molecule has 21 heavy (non-hydrogen) atoms. The molecule has 0 unspecified atom stereocenters. The van der Waals surface area contributed by atoms with Crippen molar-refractivity contribution in [3.8, 4) is 0 Å². The Labute approximate surface area is 134 Å². The number of rotatable bonds is 6. The zero-order valence-corrected chi connectivity index (χ0v) is 14.3. The molecule has 6 heteroatoms. The van der Waals surface area contributed by atoms with Gasteiger partial charge in [-0.1, -0.05) is 0 Å². The highest BCUT2D eigenvalue weighted by Gasteiger charge is 2.15. The summed E-state index contributed by atoms with van der Waals surface area (Å²) in [5, 5.41) is 9.03. The van der Waals surface area contributed by atoms with Crippen LogP contribution in [0, 0.1) is 5.92 Å². The second-order valence-electron chi connectivity index (χ2n) is 6.63. The fourth-order valence-corrected chi connectivity index (χ4v) is 2.39. The molecule has 0 aliphatic carbocycles. The number of halogens is 1. The van der Waals surface area contributed by atoms with Gasteiger partial charge < -0.3 is 16.0 Å². The van der Waals surface area contributed by atoms with Gasteiger partial charge in [-0.3, -0.25) is 9.59 Å². The Bertz CT molecular complexity index is 323. The lowest BCUT2D eigenvalue weighted by Gasteiger charge is -2.22. The Balaban J connectivity index is 0.00000400. The van der Waals surface area contributed by atoms with Gasteiger partial charge in [0.1, 0.15) is 0 Å². The minimum absolute atomic E-state index is 0. The Morgan fingerprint density at radius 1 is 1.10 bits per heavy atom. The molecule has 1 heterocycles. The Morgan fingerprint density at radius 3 is 2.29 bits per heavy atom. The van der Waals surface area contributed by atoms with E-state index < -0.39 is 0 Å². The number of amides is 2. The maximum absolute atomic E-state index is 11.7. The summed E-state index contributed by atoms with van der Waals surface area (Å²) in [6, 6.07) is 0. The molecule has 2 amide bonds. The summed E-state index contributed by atoms with van der Waals surface area (Å²) in [7, 11) is 0. The summed E-state index contributed by atoms with van der Waals surface area (Å²) in [4.78, 5) is 23.3. The lowest BCUT2D eigenvalue weighted by Crippen LogP contribution is -2.42. The number of hydrogen-bond acceptors (Lipinski definition) is 3. The highest BCUT2D eigenvalue weighted by Crippen LogP contribution is 2.17. The first-order chi connectivity index (χ1) is 9.37. The van der Waals surface area contributed by atoms with Gasteiger partial charge in [-0.05, 0) is 59.0 Å². The number of hydrogen-bond donors (Lipinski definition) is 3. The van der Waals surface area contributed by atoms with E-state index in [-0.39, 0.29) is 29.8 Å². The van der Waals surface area contributed by atoms with Crippen molar-refractivity contribution >= 4 is 24.2 Å². The second-order valence-corrected chi connectivity index (χ2v) is 6.63. The van der Waals surface area contributed by atoms with E-state index in [9.17, 15) is 9.59 Å². The van der Waals surface area contributed by atoms with Gasteiger partial charge >= 0.3 is 0 Å². The summed E-state index contributed by atoms with van der Waals surface area (Å²) in [5.41, 5.74) is -0.212. The van der Waals surface area contributed by atoms with Crippen molar-refractivity contribution in [3.63, 3.8) is 0 Å². The molecule has 3 N–H and O–H groups in total. The highest BCUT2D eigenvalue weighted by atomic mass is 35.5. The summed E-state index contributed by atoms with van der Waals surface area (Å²) >= 11 is 0. The normalized spacial score (nSPS) is 16.0. The maximum atomic E-state index is 11.7. The lowest BCUT2D eigenvalue weighted by atomic mass is 9.93. The zero-order valence-electron chi connectivity index (χ0n) is 13.5. The standard InChI is InChI=1S/C15H29N3O2.ClH/c1-15(2,3)18-14(20)8-11-17-13(19)5-4-12-6-9-16-10-7-12;/h12,16H,4-11H2,1-3H3,(H,17,19)(H,18,20);1H. The summed E-state index contributed by atoms with van der Waals surface area (Å²) < 4.78 is 0. The van der Waals surface area contributed by atoms with Crippen LogP contribution in [-0.4, -0.2) is 37.0 Å². The molecule has 0 spiro atoms. The van der Waals surface area contributed by atoms with E-state index in [1.165, 1.54) is 12.8 Å². The average Bonchev–Trinajstić information content (AvgIpc) is 2.35. The molecule has 1 aliphatic heterocycles. The van der Waals surface area contributed by atoms with E-state index in [1.54, 1.807) is 0 Å². The molecule has 1 rings (SSSR count). The van der Waals surface area contributed by atoms with Crippen LogP contribution in [0.3, 0.4) is 0 Å². The first-order valence-corrected chi connectivity index (χ1v) is 7.65. The molecule has 0 aromatic rings. The van der Waals surface area contributed by atoms with Crippen LogP contribution in [0.5, 0.6) is 0 Å². The third kappa shape index (κ3) is 10.5. The Kier molecular flexibility index (Phi) is 9.62. The monoisotopic (exact) mass is 319 g/mol. The van der Waals surface area contributed by atoms with Crippen LogP contribution in [0.2, 0.25) is 0 Å². The molecule has 124 valence electrons. The van der Waals surface area contributed by atoms with Crippen LogP contribution in [0.25, 0.3) is 0 Å². The van der Waals surface area contributed by atoms with Crippen LogP contribution >= 0.6 is 12.4 Å². The molecule has 1 aliphatic rings. The fourth-order valence-electron chi connectivity index (χ4n) is 2.39. The van der Waals surface area contributed by atoms with Crippen molar-refractivity contribution in [3.05, 3.63) is 0 Å². The van der Waals surface area contributed by atoms with E-state index in [2.05, 4.69) is 16.0 Å². The molecule has 0 atom stereocenters. The number of carbonyl (C=O) groups is 2. The average molecular weight is 320 g/mol. The van der Waals surface area contributed by atoms with Crippen LogP contribution < -0.4 is 16.0 Å². The van der Waals surface area contributed by atoms with Gasteiger partial charge in [-0.2, -0.15) is 0 Å². The van der Waals surface area contributed by atoms with E-state index >= 15 is 0 Å². The van der Waals surface area contributed by atoms with E-state index in [4.69, 9.17) is 0 Å². The third-order valence-electron chi connectivity index (χ3n) is 3.43. The first-order valence-electron chi connectivity index (χ1n) is 7.65. The van der Waals surface area contributed by atoms with Crippen molar-refractivity contribution in [2.45, 2.75) is 58.4 Å². The maximum Gasteiger partial charge on any atom is 0.222 e. The Morgan fingerprint density at radius 2 is 1.71 bits per heavy atom. The lowest BCUT2D eigenvalue weighted by molar-refractivity contribution is -0.123. The molecule has 0 aromatic heterocycles. The molecule has 0 saturated carbocycles. The number of piperidine rings is 1. The smallest absolute Gasteiger partial charge is 0.222 e. The highest BCUT2D eigenvalue weighted by molar-refractivity contribution is 5.85. The third-order valence-corrected chi connectivity index (χ3v) is 3.43. The second kappa shape index (κ2) is 10.0. The topological polar surface area (TPSA) is 70.2 Å². The molecule has 5 nitrogen and oxygen atoms in total. The zero-order chi connectivity index (χ0) is 15.0. The SMILES string of the molecule is CC(C)(C)NC(=O)CCNC(=O)CCC1CCNCC1.Cl. The molecule has 0 radical (unpaired) electrons. The fraction of sp³-hybridized carbons (Fsp3) is 0.867. The van der Waals surface area contributed by atoms with Crippen LogP contribution in [-0.2, 0) is 9.59 Å². The predicted octanol–water partition coefficient (Wildman–Crippen LogP) is 1.61. The van der Waals surface area contributed by atoms with Crippen molar-refractivity contribution in [1.82, 2.24) is 16.0 Å². The van der Waals surface area contributed by atoms with E-state index in [1.807, 2.05) is 20.8 Å². The summed E-state index contributed by atoms with van der Waals surface area (Å²) in [5.74, 6) is 0.717. The number of carbonyl (C=O) groups excluding carboxylic acids is 2. The van der Waals surface area contributed by atoms with Gasteiger partial charge in [0.2, 0.25) is 11.8 Å². The van der Waals surface area contributed by atoms with E-state index in [0.717, 1.165) is 19.5 Å². The largest absolute Gasteiger partial charge is 0.356 e. The summed E-state index contributed by atoms with van der Waals surface area (Å²) in [6.45, 7) is 8.40. The predicted molar refractivity (Wildman–Crippen MR) is 87.6 cm³/mol. The summed E-state index contributed by atoms with van der Waals surface area (Å²) in [6.07, 6.45) is 4.21. The van der Waals surface area contributed by atoms with Gasteiger partial charge in [0.25, 0.3) is 0 Å². The van der Waals surface area contributed by atoms with Gasteiger partial charge in [0.05, 0.1) is 0 Å². The van der Waals surface area contributed by atoms with Crippen molar-refractivity contribution in [1.29, 1.82) is 0 Å². The van der Waals surface area contributed by atoms with Crippen molar-refractivity contribution in [2.24, 2.45) is 5.92 Å². The van der Waals surface area contributed by atoms with E-state index in [0.29, 0.717) is 25.3 Å². The van der Waals surface area contributed by atoms with Gasteiger partial charge in [-0.15, -0.1) is 12.4 Å². The van der Waals surface area contributed by atoms with Crippen molar-refractivity contribution < 1.29 is 9.59 Å². The van der Waals surface area contributed by atoms with Gasteiger partial charge in [-0.25, -0.2) is 0 Å². The first kappa shape index (κ1) is 20.2. The minimum atomic E-state index is -0.212. The van der Waals surface area contributed by atoms with Crippen LogP contribution in [0.4, 0.5) is 0 Å². The molecule has 1 fully saturated rings. The van der Waals surface area contributed by atoms with Crippen LogP contribution in [0.15, 0.2) is 0 Å². The number of nitrogens with one attached hydrogen (secondary N) is 3. The molecular formula is C15H30ClN3O2. The quantitative estimate of drug-likeness (QED) is 0.696. The minimum Gasteiger partial charge on any atom is -0.356 e. The molecular weight excluding hydrogens is 290 g/mol.